The Hall–Kier alpha value is -0.0800. The van der Waals surface area contributed by atoms with Crippen LogP contribution in [-0.2, 0) is 4.74 Å². The molecule has 0 radical (unpaired) electrons. The molecule has 12 heavy (non-hydrogen) atoms. The Morgan fingerprint density at radius 1 is 1.17 bits per heavy atom. The molecule has 2 fully saturated rings. The normalized spacial score (nSPS) is 25.8. The van der Waals surface area contributed by atoms with E-state index < -0.39 is 0 Å². The van der Waals surface area contributed by atoms with Crippen LogP contribution in [0, 0.1) is 5.41 Å². The Bertz CT molecular complexity index is 133. The van der Waals surface area contributed by atoms with Crippen molar-refractivity contribution in [2.75, 3.05) is 26.3 Å². The minimum Gasteiger partial charge on any atom is -0.380 e. The zero-order chi connectivity index (χ0) is 9.19. The second kappa shape index (κ2) is 3.75. The van der Waals surface area contributed by atoms with Gasteiger partial charge in [-0.2, -0.15) is 0 Å². The first-order chi connectivity index (χ1) is 5.72. The Balaban J connectivity index is 0.000000336. The average Bonchev–Trinajstić information content (AvgIpc) is 1.85. The van der Waals surface area contributed by atoms with Gasteiger partial charge in [0, 0.05) is 24.5 Å². The van der Waals surface area contributed by atoms with Gasteiger partial charge < -0.3 is 4.74 Å². The molecule has 2 aliphatic rings. The van der Waals surface area contributed by atoms with E-state index >= 15 is 0 Å². The van der Waals surface area contributed by atoms with Crippen molar-refractivity contribution in [2.24, 2.45) is 5.41 Å². The largest absolute Gasteiger partial charge is 0.380 e. The molecule has 0 N–H and O–H groups in total. The fourth-order valence-corrected chi connectivity index (χ4v) is 1.75. The van der Waals surface area contributed by atoms with Gasteiger partial charge in [0.15, 0.2) is 0 Å². The summed E-state index contributed by atoms with van der Waals surface area (Å²) < 4.78 is 5.18. The van der Waals surface area contributed by atoms with E-state index in [4.69, 9.17) is 4.74 Å². The molecular formula is C10H21NO. The van der Waals surface area contributed by atoms with E-state index in [0.29, 0.717) is 5.41 Å². The summed E-state index contributed by atoms with van der Waals surface area (Å²) in [5.74, 6) is 0. The first kappa shape index (κ1) is 10.0. The van der Waals surface area contributed by atoms with Crippen LogP contribution in [0.15, 0.2) is 0 Å². The van der Waals surface area contributed by atoms with Gasteiger partial charge in [-0.15, -0.1) is 0 Å². The minimum atomic E-state index is 0.601. The third kappa shape index (κ3) is 1.64. The molecule has 0 bridgehead atoms. The average molecular weight is 171 g/mol. The fourth-order valence-electron chi connectivity index (χ4n) is 1.75. The van der Waals surface area contributed by atoms with E-state index in [-0.39, 0.29) is 0 Å². The van der Waals surface area contributed by atoms with Crippen LogP contribution < -0.4 is 0 Å². The summed E-state index contributed by atoms with van der Waals surface area (Å²) in [6, 6.07) is 0.728. The quantitative estimate of drug-likeness (QED) is 0.596. The molecule has 2 heterocycles. The molecule has 1 spiro atoms. The highest BCUT2D eigenvalue weighted by molar-refractivity contribution is 5.00. The molecule has 2 aliphatic heterocycles. The highest BCUT2D eigenvalue weighted by Gasteiger charge is 2.49. The van der Waals surface area contributed by atoms with E-state index in [0.717, 1.165) is 19.3 Å². The van der Waals surface area contributed by atoms with Gasteiger partial charge in [0.1, 0.15) is 0 Å². The lowest BCUT2D eigenvalue weighted by Crippen LogP contribution is -2.67. The molecule has 0 unspecified atom stereocenters. The summed E-state index contributed by atoms with van der Waals surface area (Å²) in [7, 11) is 0. The summed E-state index contributed by atoms with van der Waals surface area (Å²) in [6.07, 6.45) is 0. The molecule has 0 amide bonds. The van der Waals surface area contributed by atoms with Crippen molar-refractivity contribution < 1.29 is 4.74 Å². The molecule has 0 aromatic heterocycles. The lowest BCUT2D eigenvalue weighted by molar-refractivity contribution is -0.195. The maximum atomic E-state index is 5.18. The van der Waals surface area contributed by atoms with Gasteiger partial charge >= 0.3 is 0 Å². The van der Waals surface area contributed by atoms with Crippen molar-refractivity contribution in [1.29, 1.82) is 0 Å². The van der Waals surface area contributed by atoms with Crippen LogP contribution in [0.1, 0.15) is 27.7 Å². The molecule has 2 nitrogen and oxygen atoms in total. The first-order valence-corrected chi connectivity index (χ1v) is 5.04. The predicted octanol–water partition coefficient (Wildman–Crippen LogP) is 1.75. The zero-order valence-electron chi connectivity index (χ0n) is 8.76. The van der Waals surface area contributed by atoms with E-state index in [1.165, 1.54) is 13.1 Å². The third-order valence-corrected chi connectivity index (χ3v) is 2.62. The van der Waals surface area contributed by atoms with Gasteiger partial charge in [-0.05, 0) is 13.8 Å². The Morgan fingerprint density at radius 3 is 1.92 bits per heavy atom. The zero-order valence-corrected chi connectivity index (χ0v) is 8.76. The topological polar surface area (TPSA) is 12.5 Å². The first-order valence-electron chi connectivity index (χ1n) is 5.04. The fraction of sp³-hybridized carbons (Fsp3) is 1.00. The Morgan fingerprint density at radius 2 is 1.67 bits per heavy atom. The summed E-state index contributed by atoms with van der Waals surface area (Å²) in [6.45, 7) is 13.1. The number of rotatable bonds is 1. The van der Waals surface area contributed by atoms with Crippen LogP contribution in [-0.4, -0.2) is 37.2 Å². The standard InChI is InChI=1S/C8H15NO.C2H6/c1-7(2)9-3-8(4-9)5-10-6-8;1-2/h7H,3-6H2,1-2H3;1-2H3. The monoisotopic (exact) mass is 171 g/mol. The molecule has 0 atom stereocenters. The van der Waals surface area contributed by atoms with E-state index in [9.17, 15) is 0 Å². The van der Waals surface area contributed by atoms with Gasteiger partial charge in [0.2, 0.25) is 0 Å². The van der Waals surface area contributed by atoms with Crippen LogP contribution in [0.25, 0.3) is 0 Å². The highest BCUT2D eigenvalue weighted by Crippen LogP contribution is 2.38. The lowest BCUT2D eigenvalue weighted by atomic mass is 9.77. The number of hydrogen-bond acceptors (Lipinski definition) is 2. The minimum absolute atomic E-state index is 0.601. The third-order valence-electron chi connectivity index (χ3n) is 2.62. The highest BCUT2D eigenvalue weighted by atomic mass is 16.5. The summed E-state index contributed by atoms with van der Waals surface area (Å²) in [5.41, 5.74) is 0.601. The van der Waals surface area contributed by atoms with Gasteiger partial charge in [-0.1, -0.05) is 13.8 Å². The van der Waals surface area contributed by atoms with Crippen molar-refractivity contribution in [3.8, 4) is 0 Å². The van der Waals surface area contributed by atoms with Crippen LogP contribution in [0.2, 0.25) is 0 Å². The van der Waals surface area contributed by atoms with Gasteiger partial charge in [0.05, 0.1) is 13.2 Å². The van der Waals surface area contributed by atoms with E-state index in [1.807, 2.05) is 13.8 Å². The molecule has 0 aromatic rings. The predicted molar refractivity (Wildman–Crippen MR) is 51.3 cm³/mol. The molecule has 0 aliphatic carbocycles. The second-order valence-electron chi connectivity index (χ2n) is 3.99. The van der Waals surface area contributed by atoms with Gasteiger partial charge in [-0.25, -0.2) is 0 Å². The second-order valence-corrected chi connectivity index (χ2v) is 3.99. The summed E-state index contributed by atoms with van der Waals surface area (Å²) >= 11 is 0. The number of hydrogen-bond donors (Lipinski definition) is 0. The number of likely N-dealkylation sites (tertiary alicyclic amines) is 1. The van der Waals surface area contributed by atoms with Crippen molar-refractivity contribution >= 4 is 0 Å². The van der Waals surface area contributed by atoms with Crippen LogP contribution in [0.3, 0.4) is 0 Å². The van der Waals surface area contributed by atoms with E-state index in [2.05, 4.69) is 18.7 Å². The van der Waals surface area contributed by atoms with Crippen molar-refractivity contribution in [2.45, 2.75) is 33.7 Å². The Labute approximate surface area is 75.9 Å². The molecule has 0 aromatic carbocycles. The van der Waals surface area contributed by atoms with Crippen LogP contribution >= 0.6 is 0 Å². The van der Waals surface area contributed by atoms with Crippen molar-refractivity contribution in [3.05, 3.63) is 0 Å². The summed E-state index contributed by atoms with van der Waals surface area (Å²) in [5, 5.41) is 0. The molecule has 72 valence electrons. The Kier molecular flexibility index (Phi) is 3.13. The lowest BCUT2D eigenvalue weighted by Gasteiger charge is -2.56. The molecule has 2 heteroatoms. The molecular weight excluding hydrogens is 150 g/mol. The molecule has 2 saturated heterocycles. The maximum Gasteiger partial charge on any atom is 0.0569 e. The van der Waals surface area contributed by atoms with Crippen molar-refractivity contribution in [1.82, 2.24) is 4.90 Å². The van der Waals surface area contributed by atoms with Gasteiger partial charge in [0.25, 0.3) is 0 Å². The number of nitrogens with zero attached hydrogens (tertiary/aromatic N) is 1. The molecule has 2 rings (SSSR count). The van der Waals surface area contributed by atoms with Crippen LogP contribution in [0.4, 0.5) is 0 Å². The van der Waals surface area contributed by atoms with E-state index in [1.54, 1.807) is 0 Å². The van der Waals surface area contributed by atoms with Gasteiger partial charge in [-0.3, -0.25) is 4.90 Å². The number of ether oxygens (including phenoxy) is 1. The SMILES string of the molecule is CC.CC(C)N1CC2(COC2)C1. The molecule has 0 saturated carbocycles. The summed E-state index contributed by atoms with van der Waals surface area (Å²) in [4.78, 5) is 2.50. The smallest absolute Gasteiger partial charge is 0.0569 e. The maximum absolute atomic E-state index is 5.18. The van der Waals surface area contributed by atoms with Crippen molar-refractivity contribution in [3.63, 3.8) is 0 Å². The van der Waals surface area contributed by atoms with Crippen LogP contribution in [0.5, 0.6) is 0 Å².